The Morgan fingerprint density at radius 2 is 1.86 bits per heavy atom. The second-order valence-corrected chi connectivity index (χ2v) is 5.20. The monoisotopic (exact) mass is 197 g/mol. The summed E-state index contributed by atoms with van der Waals surface area (Å²) in [5.41, 5.74) is 0.457. The van der Waals surface area contributed by atoms with Crippen LogP contribution in [0.2, 0.25) is 0 Å². The zero-order valence-electron chi connectivity index (χ0n) is 9.35. The van der Waals surface area contributed by atoms with Crippen LogP contribution in [-0.2, 0) is 4.74 Å². The van der Waals surface area contributed by atoms with Crippen molar-refractivity contribution < 1.29 is 4.74 Å². The summed E-state index contributed by atoms with van der Waals surface area (Å²) in [4.78, 5) is 0. The lowest BCUT2D eigenvalue weighted by molar-refractivity contribution is 0.0638. The topological polar surface area (TPSA) is 21.3 Å². The molecule has 1 aliphatic heterocycles. The normalized spacial score (nSPS) is 28.1. The van der Waals surface area contributed by atoms with Crippen LogP contribution in [0.4, 0.5) is 0 Å². The first kappa shape index (κ1) is 10.4. The van der Waals surface area contributed by atoms with E-state index in [1.165, 1.54) is 45.1 Å². The fourth-order valence-electron chi connectivity index (χ4n) is 2.67. The second-order valence-electron chi connectivity index (χ2n) is 5.20. The number of rotatable bonds is 3. The Labute approximate surface area is 87.4 Å². The largest absolute Gasteiger partial charge is 0.381 e. The molecule has 0 aromatic carbocycles. The van der Waals surface area contributed by atoms with Crippen molar-refractivity contribution >= 4 is 0 Å². The first-order valence-corrected chi connectivity index (χ1v) is 6.11. The van der Waals surface area contributed by atoms with Gasteiger partial charge in [0.25, 0.3) is 0 Å². The maximum atomic E-state index is 5.37. The van der Waals surface area contributed by atoms with Gasteiger partial charge in [0.05, 0.1) is 0 Å². The van der Waals surface area contributed by atoms with E-state index in [0.29, 0.717) is 5.54 Å². The van der Waals surface area contributed by atoms with Crippen LogP contribution >= 0.6 is 0 Å². The minimum Gasteiger partial charge on any atom is -0.381 e. The van der Waals surface area contributed by atoms with Gasteiger partial charge < -0.3 is 10.1 Å². The predicted octanol–water partition coefficient (Wildman–Crippen LogP) is 2.34. The molecule has 1 aliphatic carbocycles. The van der Waals surface area contributed by atoms with Gasteiger partial charge in [0.2, 0.25) is 0 Å². The SMILES string of the molecule is CC1(NCC2CCOCC2)CCCC1. The molecule has 2 heteroatoms. The van der Waals surface area contributed by atoms with Crippen molar-refractivity contribution in [1.82, 2.24) is 5.32 Å². The fourth-order valence-corrected chi connectivity index (χ4v) is 2.67. The summed E-state index contributed by atoms with van der Waals surface area (Å²) in [5.74, 6) is 0.862. The first-order valence-electron chi connectivity index (χ1n) is 6.11. The van der Waals surface area contributed by atoms with Gasteiger partial charge in [-0.1, -0.05) is 12.8 Å². The van der Waals surface area contributed by atoms with Crippen molar-refractivity contribution in [3.63, 3.8) is 0 Å². The third-order valence-corrected chi connectivity index (χ3v) is 3.87. The highest BCUT2D eigenvalue weighted by molar-refractivity contribution is 4.88. The van der Waals surface area contributed by atoms with Gasteiger partial charge in [-0.15, -0.1) is 0 Å². The third-order valence-electron chi connectivity index (χ3n) is 3.87. The molecule has 2 rings (SSSR count). The van der Waals surface area contributed by atoms with Crippen molar-refractivity contribution in [2.24, 2.45) is 5.92 Å². The van der Waals surface area contributed by atoms with Crippen molar-refractivity contribution in [3.05, 3.63) is 0 Å². The van der Waals surface area contributed by atoms with Gasteiger partial charge in [-0.2, -0.15) is 0 Å². The molecule has 0 aromatic heterocycles. The summed E-state index contributed by atoms with van der Waals surface area (Å²) in [7, 11) is 0. The zero-order valence-corrected chi connectivity index (χ0v) is 9.35. The third kappa shape index (κ3) is 2.71. The molecular formula is C12H23NO. The molecule has 0 atom stereocenters. The Kier molecular flexibility index (Phi) is 3.45. The summed E-state index contributed by atoms with van der Waals surface area (Å²) >= 11 is 0. The van der Waals surface area contributed by atoms with Gasteiger partial charge in [-0.05, 0) is 45.1 Å². The number of hydrogen-bond acceptors (Lipinski definition) is 2. The standard InChI is InChI=1S/C12H23NO/c1-12(6-2-3-7-12)13-10-11-4-8-14-9-5-11/h11,13H,2-10H2,1H3. The molecule has 0 spiro atoms. The molecule has 1 saturated heterocycles. The summed E-state index contributed by atoms with van der Waals surface area (Å²) < 4.78 is 5.37. The van der Waals surface area contributed by atoms with Gasteiger partial charge in [0.15, 0.2) is 0 Å². The summed E-state index contributed by atoms with van der Waals surface area (Å²) in [5, 5.41) is 3.77. The number of nitrogens with one attached hydrogen (secondary N) is 1. The van der Waals surface area contributed by atoms with Crippen LogP contribution in [-0.4, -0.2) is 25.3 Å². The van der Waals surface area contributed by atoms with Gasteiger partial charge in [-0.3, -0.25) is 0 Å². The minimum absolute atomic E-state index is 0.457. The Morgan fingerprint density at radius 1 is 1.21 bits per heavy atom. The molecule has 0 aromatic rings. The first-order chi connectivity index (χ1) is 6.79. The molecule has 1 saturated carbocycles. The fraction of sp³-hybridized carbons (Fsp3) is 1.00. The molecule has 1 N–H and O–H groups in total. The highest BCUT2D eigenvalue weighted by Crippen LogP contribution is 2.29. The minimum atomic E-state index is 0.457. The van der Waals surface area contributed by atoms with Gasteiger partial charge in [0.1, 0.15) is 0 Å². The molecular weight excluding hydrogens is 174 g/mol. The van der Waals surface area contributed by atoms with Crippen LogP contribution in [0.3, 0.4) is 0 Å². The average molecular weight is 197 g/mol. The van der Waals surface area contributed by atoms with Crippen molar-refractivity contribution in [2.75, 3.05) is 19.8 Å². The molecule has 14 heavy (non-hydrogen) atoms. The summed E-state index contributed by atoms with van der Waals surface area (Å²) in [6, 6.07) is 0. The lowest BCUT2D eigenvalue weighted by atomic mass is 9.96. The van der Waals surface area contributed by atoms with Crippen LogP contribution < -0.4 is 5.32 Å². The molecule has 2 fully saturated rings. The molecule has 2 nitrogen and oxygen atoms in total. The maximum absolute atomic E-state index is 5.37. The van der Waals surface area contributed by atoms with Gasteiger partial charge in [0, 0.05) is 18.8 Å². The quantitative estimate of drug-likeness (QED) is 0.750. The van der Waals surface area contributed by atoms with E-state index in [-0.39, 0.29) is 0 Å². The van der Waals surface area contributed by atoms with Crippen molar-refractivity contribution in [1.29, 1.82) is 0 Å². The van der Waals surface area contributed by atoms with Crippen molar-refractivity contribution in [3.8, 4) is 0 Å². The molecule has 0 radical (unpaired) electrons. The molecule has 0 amide bonds. The van der Waals surface area contributed by atoms with E-state index in [2.05, 4.69) is 12.2 Å². The smallest absolute Gasteiger partial charge is 0.0469 e. The Morgan fingerprint density at radius 3 is 2.50 bits per heavy atom. The van der Waals surface area contributed by atoms with Gasteiger partial charge in [-0.25, -0.2) is 0 Å². The summed E-state index contributed by atoms with van der Waals surface area (Å²) in [6.45, 7) is 5.55. The number of ether oxygens (including phenoxy) is 1. The highest BCUT2D eigenvalue weighted by atomic mass is 16.5. The van der Waals surface area contributed by atoms with E-state index in [1.54, 1.807) is 0 Å². The van der Waals surface area contributed by atoms with E-state index < -0.39 is 0 Å². The van der Waals surface area contributed by atoms with Crippen LogP contribution in [0.5, 0.6) is 0 Å². The maximum Gasteiger partial charge on any atom is 0.0469 e. The van der Waals surface area contributed by atoms with E-state index in [0.717, 1.165) is 19.1 Å². The molecule has 0 bridgehead atoms. The van der Waals surface area contributed by atoms with Crippen LogP contribution in [0.25, 0.3) is 0 Å². The number of hydrogen-bond donors (Lipinski definition) is 1. The molecule has 0 unspecified atom stereocenters. The molecule has 82 valence electrons. The second kappa shape index (κ2) is 4.63. The van der Waals surface area contributed by atoms with Crippen molar-refractivity contribution in [2.45, 2.75) is 51.0 Å². The van der Waals surface area contributed by atoms with Crippen LogP contribution in [0.1, 0.15) is 45.4 Å². The highest BCUT2D eigenvalue weighted by Gasteiger charge is 2.28. The van der Waals surface area contributed by atoms with E-state index in [9.17, 15) is 0 Å². The lowest BCUT2D eigenvalue weighted by Gasteiger charge is -2.30. The van der Waals surface area contributed by atoms with Crippen LogP contribution in [0, 0.1) is 5.92 Å². The Bertz CT molecular complexity index is 169. The molecule has 2 aliphatic rings. The Hall–Kier alpha value is -0.0800. The van der Waals surface area contributed by atoms with E-state index in [1.807, 2.05) is 0 Å². The van der Waals surface area contributed by atoms with Gasteiger partial charge >= 0.3 is 0 Å². The van der Waals surface area contributed by atoms with E-state index >= 15 is 0 Å². The predicted molar refractivity (Wildman–Crippen MR) is 58.4 cm³/mol. The van der Waals surface area contributed by atoms with Crippen LogP contribution in [0.15, 0.2) is 0 Å². The summed E-state index contributed by atoms with van der Waals surface area (Å²) in [6.07, 6.45) is 8.08. The average Bonchev–Trinajstić information content (AvgIpc) is 2.65. The lowest BCUT2D eigenvalue weighted by Crippen LogP contribution is -2.43. The van der Waals surface area contributed by atoms with E-state index in [4.69, 9.17) is 4.74 Å². The molecule has 1 heterocycles. The zero-order chi connectivity index (χ0) is 9.86. The Balaban J connectivity index is 1.70.